The summed E-state index contributed by atoms with van der Waals surface area (Å²) in [5.74, 6) is 0.264. The zero-order valence-corrected chi connectivity index (χ0v) is 9.96. The third-order valence-electron chi connectivity index (χ3n) is 3.07. The van der Waals surface area contributed by atoms with Gasteiger partial charge in [-0.05, 0) is 36.4 Å². The van der Waals surface area contributed by atoms with Gasteiger partial charge in [0.2, 0.25) is 0 Å². The molecule has 90 valence electrons. The lowest BCUT2D eigenvalue weighted by Crippen LogP contribution is -1.94. The quantitative estimate of drug-likeness (QED) is 0.685. The minimum Gasteiger partial charge on any atom is -0.508 e. The number of nitrogens with zero attached hydrogens (tertiary/aromatic N) is 2. The standard InChI is InChI=1S/C14H13N3O/c1-17-13-3-2-11(18)6-9(13)7-14(17)12-8-10(15)4-5-16-12/h2-8,18H,1H3,(H2,15,16). The van der Waals surface area contributed by atoms with Gasteiger partial charge < -0.3 is 15.4 Å². The first kappa shape index (κ1) is 10.7. The van der Waals surface area contributed by atoms with Crippen molar-refractivity contribution in [3.05, 3.63) is 42.6 Å². The number of fused-ring (bicyclic) bond motifs is 1. The summed E-state index contributed by atoms with van der Waals surface area (Å²) in [7, 11) is 1.97. The van der Waals surface area contributed by atoms with E-state index in [-0.39, 0.29) is 5.75 Å². The normalized spacial score (nSPS) is 10.9. The number of nitrogen functional groups attached to an aromatic ring is 1. The van der Waals surface area contributed by atoms with Crippen LogP contribution in [0.3, 0.4) is 0 Å². The van der Waals surface area contributed by atoms with Crippen molar-refractivity contribution in [1.29, 1.82) is 0 Å². The molecule has 0 saturated heterocycles. The number of aromatic hydroxyl groups is 1. The molecule has 0 aliphatic rings. The van der Waals surface area contributed by atoms with Crippen molar-refractivity contribution in [1.82, 2.24) is 9.55 Å². The maximum absolute atomic E-state index is 9.50. The molecular formula is C14H13N3O. The maximum atomic E-state index is 9.50. The molecule has 0 unspecified atom stereocenters. The van der Waals surface area contributed by atoms with Gasteiger partial charge in [-0.1, -0.05) is 0 Å². The summed E-state index contributed by atoms with van der Waals surface area (Å²) in [5, 5.41) is 10.5. The Hall–Kier alpha value is -2.49. The van der Waals surface area contributed by atoms with Crippen molar-refractivity contribution in [2.24, 2.45) is 7.05 Å². The predicted molar refractivity (Wildman–Crippen MR) is 72.2 cm³/mol. The van der Waals surface area contributed by atoms with E-state index in [2.05, 4.69) is 4.98 Å². The number of hydrogen-bond acceptors (Lipinski definition) is 3. The number of anilines is 1. The second kappa shape index (κ2) is 3.77. The second-order valence-corrected chi connectivity index (χ2v) is 4.31. The Labute approximate surface area is 104 Å². The number of rotatable bonds is 1. The average molecular weight is 239 g/mol. The van der Waals surface area contributed by atoms with E-state index < -0.39 is 0 Å². The summed E-state index contributed by atoms with van der Waals surface area (Å²) >= 11 is 0. The van der Waals surface area contributed by atoms with Crippen LogP contribution in [-0.2, 0) is 7.05 Å². The highest BCUT2D eigenvalue weighted by molar-refractivity contribution is 5.87. The molecule has 0 amide bonds. The summed E-state index contributed by atoms with van der Waals surface area (Å²) in [4.78, 5) is 4.33. The third kappa shape index (κ3) is 1.59. The van der Waals surface area contributed by atoms with Crippen LogP contribution < -0.4 is 5.73 Å². The van der Waals surface area contributed by atoms with Crippen LogP contribution in [0, 0.1) is 0 Å². The van der Waals surface area contributed by atoms with E-state index >= 15 is 0 Å². The zero-order valence-electron chi connectivity index (χ0n) is 9.96. The van der Waals surface area contributed by atoms with E-state index in [1.54, 1.807) is 24.4 Å². The molecule has 2 aromatic heterocycles. The van der Waals surface area contributed by atoms with Crippen molar-refractivity contribution in [3.8, 4) is 17.1 Å². The van der Waals surface area contributed by atoms with Gasteiger partial charge in [0, 0.05) is 29.8 Å². The molecule has 1 aromatic carbocycles. The van der Waals surface area contributed by atoms with Gasteiger partial charge in [0.15, 0.2) is 0 Å². The number of aromatic nitrogens is 2. The molecule has 0 aliphatic carbocycles. The van der Waals surface area contributed by atoms with Crippen molar-refractivity contribution in [2.75, 3.05) is 5.73 Å². The molecule has 3 rings (SSSR count). The van der Waals surface area contributed by atoms with E-state index in [0.29, 0.717) is 5.69 Å². The fourth-order valence-electron chi connectivity index (χ4n) is 2.17. The smallest absolute Gasteiger partial charge is 0.116 e. The van der Waals surface area contributed by atoms with Crippen LogP contribution in [0.1, 0.15) is 0 Å². The van der Waals surface area contributed by atoms with Gasteiger partial charge in [-0.25, -0.2) is 0 Å². The molecule has 18 heavy (non-hydrogen) atoms. The van der Waals surface area contributed by atoms with Crippen LogP contribution in [0.2, 0.25) is 0 Å². The fourth-order valence-corrected chi connectivity index (χ4v) is 2.17. The summed E-state index contributed by atoms with van der Waals surface area (Å²) in [6.07, 6.45) is 1.69. The molecule has 0 spiro atoms. The zero-order chi connectivity index (χ0) is 12.7. The first-order valence-electron chi connectivity index (χ1n) is 5.65. The van der Waals surface area contributed by atoms with Gasteiger partial charge >= 0.3 is 0 Å². The molecule has 0 aliphatic heterocycles. The van der Waals surface area contributed by atoms with Gasteiger partial charge in [-0.3, -0.25) is 4.98 Å². The minimum absolute atomic E-state index is 0.264. The topological polar surface area (TPSA) is 64.1 Å². The van der Waals surface area contributed by atoms with E-state index in [4.69, 9.17) is 5.73 Å². The van der Waals surface area contributed by atoms with Gasteiger partial charge in [-0.15, -0.1) is 0 Å². The first-order chi connectivity index (χ1) is 8.65. The monoisotopic (exact) mass is 239 g/mol. The molecule has 4 heteroatoms. The number of pyridine rings is 1. The van der Waals surface area contributed by atoms with Crippen molar-refractivity contribution >= 4 is 16.6 Å². The van der Waals surface area contributed by atoms with Crippen molar-refractivity contribution in [2.45, 2.75) is 0 Å². The molecular weight excluding hydrogens is 226 g/mol. The van der Waals surface area contributed by atoms with Crippen LogP contribution >= 0.6 is 0 Å². The van der Waals surface area contributed by atoms with Gasteiger partial charge in [0.1, 0.15) is 5.75 Å². The summed E-state index contributed by atoms with van der Waals surface area (Å²) in [6, 6.07) is 10.9. The van der Waals surface area contributed by atoms with Crippen molar-refractivity contribution < 1.29 is 5.11 Å². The van der Waals surface area contributed by atoms with Crippen LogP contribution in [0.25, 0.3) is 22.3 Å². The van der Waals surface area contributed by atoms with Crippen LogP contribution in [0.5, 0.6) is 5.75 Å². The Balaban J connectivity index is 2.27. The lowest BCUT2D eigenvalue weighted by atomic mass is 10.2. The Morgan fingerprint density at radius 2 is 2.00 bits per heavy atom. The molecule has 3 N–H and O–H groups in total. The highest BCUT2D eigenvalue weighted by atomic mass is 16.3. The predicted octanol–water partition coefficient (Wildman–Crippen LogP) is 2.53. The van der Waals surface area contributed by atoms with Gasteiger partial charge in [0.05, 0.1) is 11.4 Å². The molecule has 0 bridgehead atoms. The number of hydrogen-bond donors (Lipinski definition) is 2. The molecule has 0 atom stereocenters. The minimum atomic E-state index is 0.264. The molecule has 0 saturated carbocycles. The van der Waals surface area contributed by atoms with Gasteiger partial charge in [-0.2, -0.15) is 0 Å². The van der Waals surface area contributed by atoms with Crippen LogP contribution in [-0.4, -0.2) is 14.7 Å². The molecule has 0 fully saturated rings. The highest BCUT2D eigenvalue weighted by Crippen LogP contribution is 2.28. The number of phenolic OH excluding ortho intramolecular Hbond substituents is 1. The van der Waals surface area contributed by atoms with Crippen LogP contribution in [0.15, 0.2) is 42.6 Å². The lowest BCUT2D eigenvalue weighted by molar-refractivity contribution is 0.476. The Bertz CT molecular complexity index is 731. The molecule has 2 heterocycles. The number of phenols is 1. The summed E-state index contributed by atoms with van der Waals surface area (Å²) in [6.45, 7) is 0. The maximum Gasteiger partial charge on any atom is 0.116 e. The number of nitrogens with two attached hydrogens (primary N) is 1. The molecule has 3 aromatic rings. The van der Waals surface area contributed by atoms with E-state index in [0.717, 1.165) is 22.3 Å². The Morgan fingerprint density at radius 1 is 1.17 bits per heavy atom. The fraction of sp³-hybridized carbons (Fsp3) is 0.0714. The van der Waals surface area contributed by atoms with Crippen LogP contribution in [0.4, 0.5) is 5.69 Å². The van der Waals surface area contributed by atoms with E-state index in [9.17, 15) is 5.11 Å². The summed E-state index contributed by atoms with van der Waals surface area (Å²) in [5.41, 5.74) is 9.31. The average Bonchev–Trinajstić information content (AvgIpc) is 2.66. The SMILES string of the molecule is Cn1c(-c2cc(N)ccn2)cc2cc(O)ccc21. The highest BCUT2D eigenvalue weighted by Gasteiger charge is 2.09. The Kier molecular flexibility index (Phi) is 2.23. The first-order valence-corrected chi connectivity index (χ1v) is 5.65. The molecule has 0 radical (unpaired) electrons. The largest absolute Gasteiger partial charge is 0.508 e. The number of aryl methyl sites for hydroxylation is 1. The van der Waals surface area contributed by atoms with Gasteiger partial charge in [0.25, 0.3) is 0 Å². The van der Waals surface area contributed by atoms with Crippen molar-refractivity contribution in [3.63, 3.8) is 0 Å². The second-order valence-electron chi connectivity index (χ2n) is 4.31. The summed E-state index contributed by atoms with van der Waals surface area (Å²) < 4.78 is 2.04. The third-order valence-corrected chi connectivity index (χ3v) is 3.07. The van der Waals surface area contributed by atoms with E-state index in [1.807, 2.05) is 29.8 Å². The lowest BCUT2D eigenvalue weighted by Gasteiger charge is -2.04. The number of benzene rings is 1. The molecule has 4 nitrogen and oxygen atoms in total. The Morgan fingerprint density at radius 3 is 2.78 bits per heavy atom. The van der Waals surface area contributed by atoms with E-state index in [1.165, 1.54) is 0 Å².